The minimum atomic E-state index is -0.891. The fourth-order valence-electron chi connectivity index (χ4n) is 2.22. The number of ether oxygens (including phenoxy) is 2. The average molecular weight is 283 g/mol. The van der Waals surface area contributed by atoms with E-state index in [4.69, 9.17) is 15.2 Å². The summed E-state index contributed by atoms with van der Waals surface area (Å²) in [5.41, 5.74) is 7.12. The first kappa shape index (κ1) is 14.5. The van der Waals surface area contributed by atoms with Gasteiger partial charge in [-0.05, 0) is 30.5 Å². The lowest BCUT2D eigenvalue weighted by atomic mass is 10.1. The van der Waals surface area contributed by atoms with Crippen molar-refractivity contribution in [3.05, 3.63) is 29.8 Å². The van der Waals surface area contributed by atoms with Gasteiger partial charge in [0.05, 0.1) is 7.11 Å². The second-order valence-electron chi connectivity index (χ2n) is 4.74. The van der Waals surface area contributed by atoms with Gasteiger partial charge in [-0.2, -0.15) is 0 Å². The van der Waals surface area contributed by atoms with E-state index in [1.807, 2.05) is 24.3 Å². The second kappa shape index (κ2) is 7.03. The summed E-state index contributed by atoms with van der Waals surface area (Å²) in [6.07, 6.45) is 1.74. The summed E-state index contributed by atoms with van der Waals surface area (Å²) in [4.78, 5) is 0. The van der Waals surface area contributed by atoms with Gasteiger partial charge in [0, 0.05) is 41.1 Å². The lowest BCUT2D eigenvalue weighted by molar-refractivity contribution is 0.0992. The van der Waals surface area contributed by atoms with Crippen molar-refractivity contribution in [2.45, 2.75) is 24.1 Å². The lowest BCUT2D eigenvalue weighted by Crippen LogP contribution is -2.30. The van der Waals surface area contributed by atoms with Crippen molar-refractivity contribution in [1.29, 1.82) is 0 Å². The minimum Gasteiger partial charge on any atom is -0.497 e. The highest BCUT2D eigenvalue weighted by atomic mass is 32.2. The molecule has 4 nitrogen and oxygen atoms in total. The fourth-order valence-corrected chi connectivity index (χ4v) is 3.76. The van der Waals surface area contributed by atoms with Crippen molar-refractivity contribution in [1.82, 2.24) is 0 Å². The Labute approximate surface area is 116 Å². The lowest BCUT2D eigenvalue weighted by Gasteiger charge is -2.23. The third-order valence-corrected chi connectivity index (χ3v) is 5.31. The largest absolute Gasteiger partial charge is 0.497 e. The van der Waals surface area contributed by atoms with Gasteiger partial charge in [0.1, 0.15) is 5.75 Å². The van der Waals surface area contributed by atoms with E-state index in [2.05, 4.69) is 0 Å². The summed E-state index contributed by atoms with van der Waals surface area (Å²) in [6, 6.07) is 7.44. The molecule has 0 spiro atoms. The molecule has 5 heteroatoms. The van der Waals surface area contributed by atoms with Gasteiger partial charge in [0.15, 0.2) is 0 Å². The Hall–Kier alpha value is -0.910. The van der Waals surface area contributed by atoms with E-state index in [1.54, 1.807) is 7.11 Å². The Bertz CT molecular complexity index is 432. The van der Waals surface area contributed by atoms with Crippen LogP contribution in [0.25, 0.3) is 0 Å². The third kappa shape index (κ3) is 4.03. The van der Waals surface area contributed by atoms with Crippen LogP contribution in [0.1, 0.15) is 24.4 Å². The number of hydrogen-bond donors (Lipinski definition) is 1. The van der Waals surface area contributed by atoms with Crippen molar-refractivity contribution in [3.8, 4) is 5.75 Å². The van der Waals surface area contributed by atoms with Crippen LogP contribution in [-0.2, 0) is 15.5 Å². The Morgan fingerprint density at radius 2 is 2.21 bits per heavy atom. The molecule has 0 aliphatic carbocycles. The summed E-state index contributed by atoms with van der Waals surface area (Å²) in [5.74, 6) is 1.28. The summed E-state index contributed by atoms with van der Waals surface area (Å²) in [6.45, 7) is 1.43. The average Bonchev–Trinajstić information content (AvgIpc) is 2.48. The van der Waals surface area contributed by atoms with Gasteiger partial charge in [-0.25, -0.2) is 0 Å². The first-order valence-electron chi connectivity index (χ1n) is 6.55. The van der Waals surface area contributed by atoms with Gasteiger partial charge in [0.25, 0.3) is 0 Å². The molecule has 1 aliphatic rings. The van der Waals surface area contributed by atoms with Crippen LogP contribution < -0.4 is 10.5 Å². The topological polar surface area (TPSA) is 61.5 Å². The predicted molar refractivity (Wildman–Crippen MR) is 76.8 cm³/mol. The van der Waals surface area contributed by atoms with Crippen molar-refractivity contribution < 1.29 is 13.7 Å². The standard InChI is InChI=1S/C14H21NO3S/c1-17-12-4-2-3-11(9-12)14(15)10-19(16)13-5-7-18-8-6-13/h2-4,9,13-14H,5-8,10,15H2,1H3. The summed E-state index contributed by atoms with van der Waals surface area (Å²) in [7, 11) is 0.738. The molecule has 106 valence electrons. The molecule has 0 amide bonds. The third-order valence-electron chi connectivity index (χ3n) is 3.41. The Morgan fingerprint density at radius 3 is 2.89 bits per heavy atom. The highest BCUT2D eigenvalue weighted by Gasteiger charge is 2.22. The maximum absolute atomic E-state index is 12.3. The van der Waals surface area contributed by atoms with E-state index < -0.39 is 10.8 Å². The molecule has 0 aromatic heterocycles. The van der Waals surface area contributed by atoms with Gasteiger partial charge in [0.2, 0.25) is 0 Å². The molecule has 1 heterocycles. The Balaban J connectivity index is 1.95. The Morgan fingerprint density at radius 1 is 1.47 bits per heavy atom. The van der Waals surface area contributed by atoms with E-state index in [1.165, 1.54) is 0 Å². The molecular formula is C14H21NO3S. The number of hydrogen-bond acceptors (Lipinski definition) is 4. The summed E-state index contributed by atoms with van der Waals surface area (Å²) >= 11 is 0. The molecule has 2 N–H and O–H groups in total. The number of methoxy groups -OCH3 is 1. The molecule has 0 bridgehead atoms. The molecule has 0 saturated carbocycles. The van der Waals surface area contributed by atoms with Crippen molar-refractivity contribution >= 4 is 10.8 Å². The van der Waals surface area contributed by atoms with E-state index in [9.17, 15) is 4.21 Å². The van der Waals surface area contributed by atoms with Gasteiger partial charge in [-0.3, -0.25) is 4.21 Å². The molecule has 0 radical (unpaired) electrons. The fraction of sp³-hybridized carbons (Fsp3) is 0.571. The van der Waals surface area contributed by atoms with E-state index in [0.717, 1.165) is 24.2 Å². The second-order valence-corrected chi connectivity index (χ2v) is 6.50. The Kier molecular flexibility index (Phi) is 5.36. The molecule has 1 aliphatic heterocycles. The number of rotatable bonds is 5. The van der Waals surface area contributed by atoms with E-state index in [-0.39, 0.29) is 11.3 Å². The first-order chi connectivity index (χ1) is 9.20. The molecular weight excluding hydrogens is 262 g/mol. The quantitative estimate of drug-likeness (QED) is 0.892. The summed E-state index contributed by atoms with van der Waals surface area (Å²) < 4.78 is 22.7. The van der Waals surface area contributed by atoms with Crippen molar-refractivity contribution in [2.75, 3.05) is 26.1 Å². The minimum absolute atomic E-state index is 0.209. The monoisotopic (exact) mass is 283 g/mol. The van der Waals surface area contributed by atoms with Crippen LogP contribution in [0.4, 0.5) is 0 Å². The van der Waals surface area contributed by atoms with Gasteiger partial charge < -0.3 is 15.2 Å². The molecule has 1 saturated heterocycles. The van der Waals surface area contributed by atoms with Crippen LogP contribution in [0.5, 0.6) is 5.75 Å². The van der Waals surface area contributed by atoms with Gasteiger partial charge >= 0.3 is 0 Å². The molecule has 2 unspecified atom stereocenters. The van der Waals surface area contributed by atoms with Crippen LogP contribution in [0.15, 0.2) is 24.3 Å². The molecule has 19 heavy (non-hydrogen) atoms. The maximum Gasteiger partial charge on any atom is 0.119 e. The molecule has 1 aromatic carbocycles. The first-order valence-corrected chi connectivity index (χ1v) is 7.93. The predicted octanol–water partition coefficient (Wildman–Crippen LogP) is 1.62. The zero-order valence-corrected chi connectivity index (χ0v) is 12.0. The van der Waals surface area contributed by atoms with Crippen LogP contribution in [0.2, 0.25) is 0 Å². The number of nitrogens with two attached hydrogens (primary N) is 1. The zero-order chi connectivity index (χ0) is 13.7. The van der Waals surface area contributed by atoms with E-state index in [0.29, 0.717) is 19.0 Å². The van der Waals surface area contributed by atoms with Gasteiger partial charge in [-0.15, -0.1) is 0 Å². The molecule has 2 rings (SSSR count). The van der Waals surface area contributed by atoms with E-state index >= 15 is 0 Å². The molecule has 1 fully saturated rings. The van der Waals surface area contributed by atoms with Crippen LogP contribution in [-0.4, -0.2) is 35.5 Å². The van der Waals surface area contributed by atoms with Crippen molar-refractivity contribution in [3.63, 3.8) is 0 Å². The molecule has 1 aromatic rings. The number of benzene rings is 1. The van der Waals surface area contributed by atoms with Crippen molar-refractivity contribution in [2.24, 2.45) is 5.73 Å². The highest BCUT2D eigenvalue weighted by molar-refractivity contribution is 7.85. The van der Waals surface area contributed by atoms with Crippen LogP contribution >= 0.6 is 0 Å². The maximum atomic E-state index is 12.3. The SMILES string of the molecule is COc1cccc(C(N)CS(=O)C2CCOCC2)c1. The normalized spacial score (nSPS) is 19.9. The van der Waals surface area contributed by atoms with Gasteiger partial charge in [-0.1, -0.05) is 12.1 Å². The highest BCUT2D eigenvalue weighted by Crippen LogP contribution is 2.21. The zero-order valence-electron chi connectivity index (χ0n) is 11.2. The van der Waals surface area contributed by atoms with Crippen LogP contribution in [0.3, 0.4) is 0 Å². The van der Waals surface area contributed by atoms with Crippen LogP contribution in [0, 0.1) is 0 Å². The smallest absolute Gasteiger partial charge is 0.119 e. The molecule has 2 atom stereocenters. The summed E-state index contributed by atoms with van der Waals surface area (Å²) in [5, 5.41) is 0.227.